The molecular formula is C13H19N3O3S. The Balaban J connectivity index is 1.67. The predicted molar refractivity (Wildman–Crippen MR) is 74.9 cm³/mol. The number of carbonyl (C=O) groups excluding carboxylic acids is 3. The van der Waals surface area contributed by atoms with E-state index in [1.165, 1.54) is 0 Å². The van der Waals surface area contributed by atoms with E-state index in [2.05, 4.69) is 5.32 Å². The molecule has 0 unspecified atom stereocenters. The molecule has 0 radical (unpaired) electrons. The Kier molecular flexibility index (Phi) is 3.87. The highest BCUT2D eigenvalue weighted by Gasteiger charge is 2.41. The molecule has 3 fully saturated rings. The van der Waals surface area contributed by atoms with Gasteiger partial charge in [0.2, 0.25) is 17.7 Å². The van der Waals surface area contributed by atoms with Gasteiger partial charge in [-0.2, -0.15) is 0 Å². The molecule has 1 N–H and O–H groups in total. The van der Waals surface area contributed by atoms with Crippen molar-refractivity contribution in [2.75, 3.05) is 24.7 Å². The molecule has 0 saturated carbocycles. The Labute approximate surface area is 122 Å². The molecule has 3 aliphatic heterocycles. The van der Waals surface area contributed by atoms with Gasteiger partial charge in [0.05, 0.1) is 5.88 Å². The molecule has 3 saturated heterocycles. The second-order valence-corrected chi connectivity index (χ2v) is 6.51. The van der Waals surface area contributed by atoms with Gasteiger partial charge >= 0.3 is 0 Å². The Bertz CT molecular complexity index is 437. The van der Waals surface area contributed by atoms with Crippen LogP contribution in [0.2, 0.25) is 0 Å². The quantitative estimate of drug-likeness (QED) is 0.765. The lowest BCUT2D eigenvalue weighted by Crippen LogP contribution is -2.52. The van der Waals surface area contributed by atoms with E-state index in [1.54, 1.807) is 16.7 Å². The fourth-order valence-corrected chi connectivity index (χ4v) is 4.17. The highest BCUT2D eigenvalue weighted by molar-refractivity contribution is 7.99. The number of hydrogen-bond acceptors (Lipinski definition) is 4. The van der Waals surface area contributed by atoms with Crippen LogP contribution in [-0.2, 0) is 14.4 Å². The van der Waals surface area contributed by atoms with Crippen molar-refractivity contribution in [2.45, 2.75) is 37.8 Å². The Morgan fingerprint density at radius 2 is 1.95 bits per heavy atom. The molecule has 0 spiro atoms. The number of nitrogens with one attached hydrogen (secondary N) is 1. The van der Waals surface area contributed by atoms with Crippen LogP contribution in [0.5, 0.6) is 0 Å². The minimum Gasteiger partial charge on any atom is -0.344 e. The van der Waals surface area contributed by atoms with Gasteiger partial charge in [0.15, 0.2) is 0 Å². The Morgan fingerprint density at radius 3 is 2.60 bits per heavy atom. The summed E-state index contributed by atoms with van der Waals surface area (Å²) in [6.45, 7) is 1.62. The third-order valence-corrected chi connectivity index (χ3v) is 5.17. The summed E-state index contributed by atoms with van der Waals surface area (Å²) >= 11 is 1.61. The molecule has 0 aliphatic carbocycles. The predicted octanol–water partition coefficient (Wildman–Crippen LogP) is -0.211. The van der Waals surface area contributed by atoms with E-state index in [1.807, 2.05) is 4.90 Å². The van der Waals surface area contributed by atoms with E-state index >= 15 is 0 Å². The first-order chi connectivity index (χ1) is 9.66. The average Bonchev–Trinajstić information content (AvgIpc) is 3.18. The molecule has 6 nitrogen and oxygen atoms in total. The van der Waals surface area contributed by atoms with Crippen molar-refractivity contribution in [3.63, 3.8) is 0 Å². The van der Waals surface area contributed by atoms with Crippen LogP contribution in [0.3, 0.4) is 0 Å². The average molecular weight is 297 g/mol. The number of hydrogen-bond donors (Lipinski definition) is 1. The minimum atomic E-state index is -0.435. The van der Waals surface area contributed by atoms with Crippen LogP contribution >= 0.6 is 11.8 Å². The first-order valence-electron chi connectivity index (χ1n) is 7.13. The molecular weight excluding hydrogens is 278 g/mol. The summed E-state index contributed by atoms with van der Waals surface area (Å²) in [7, 11) is 0. The largest absolute Gasteiger partial charge is 0.344 e. The van der Waals surface area contributed by atoms with Gasteiger partial charge in [-0.25, -0.2) is 0 Å². The first kappa shape index (κ1) is 13.7. The van der Waals surface area contributed by atoms with Crippen molar-refractivity contribution < 1.29 is 14.4 Å². The second-order valence-electron chi connectivity index (χ2n) is 5.51. The highest BCUT2D eigenvalue weighted by atomic mass is 32.2. The number of carbonyl (C=O) groups is 3. The summed E-state index contributed by atoms with van der Waals surface area (Å²) in [4.78, 5) is 39.7. The van der Waals surface area contributed by atoms with Crippen LogP contribution in [0, 0.1) is 0 Å². The molecule has 3 amide bonds. The zero-order chi connectivity index (χ0) is 14.1. The van der Waals surface area contributed by atoms with Crippen LogP contribution in [-0.4, -0.2) is 64.3 Å². The molecule has 3 aliphatic rings. The van der Waals surface area contributed by atoms with Crippen molar-refractivity contribution in [3.8, 4) is 0 Å². The number of thioether (sulfide) groups is 1. The third kappa shape index (κ3) is 2.51. The monoisotopic (exact) mass is 297 g/mol. The van der Waals surface area contributed by atoms with Crippen LogP contribution in [0.1, 0.15) is 25.7 Å². The topological polar surface area (TPSA) is 69.7 Å². The van der Waals surface area contributed by atoms with Gasteiger partial charge in [-0.05, 0) is 19.3 Å². The number of rotatable bonds is 2. The third-order valence-electron chi connectivity index (χ3n) is 4.16. The van der Waals surface area contributed by atoms with Crippen LogP contribution in [0.4, 0.5) is 0 Å². The molecule has 0 aromatic carbocycles. The molecule has 3 heterocycles. The summed E-state index contributed by atoms with van der Waals surface area (Å²) < 4.78 is 0. The number of nitrogens with zero attached hydrogens (tertiary/aromatic N) is 2. The maximum atomic E-state index is 12.5. The molecule has 0 aromatic heterocycles. The smallest absolute Gasteiger partial charge is 0.246 e. The molecule has 110 valence electrons. The number of amides is 3. The Morgan fingerprint density at radius 1 is 1.20 bits per heavy atom. The standard InChI is InChI=1S/C13H19N3O3S/c17-11-4-3-9(14-11)12(18)16-8-20-7-10(16)13(19)15-5-1-2-6-15/h9-10H,1-8H2,(H,14,17)/t9-,10+/m1/s1. The molecule has 2 atom stereocenters. The van der Waals surface area contributed by atoms with Gasteiger partial charge in [-0.3, -0.25) is 14.4 Å². The first-order valence-corrected chi connectivity index (χ1v) is 8.28. The summed E-state index contributed by atoms with van der Waals surface area (Å²) in [6.07, 6.45) is 3.06. The molecule has 3 rings (SSSR count). The van der Waals surface area contributed by atoms with Gasteiger partial charge in [0.25, 0.3) is 0 Å². The lowest BCUT2D eigenvalue weighted by Gasteiger charge is -2.28. The summed E-state index contributed by atoms with van der Waals surface area (Å²) in [5.74, 6) is 1.12. The lowest BCUT2D eigenvalue weighted by molar-refractivity contribution is -0.143. The van der Waals surface area contributed by atoms with Crippen molar-refractivity contribution in [2.24, 2.45) is 0 Å². The Hall–Kier alpha value is -1.24. The van der Waals surface area contributed by atoms with Crippen LogP contribution in [0.15, 0.2) is 0 Å². The van der Waals surface area contributed by atoms with Crippen molar-refractivity contribution >= 4 is 29.5 Å². The van der Waals surface area contributed by atoms with Crippen molar-refractivity contribution in [1.82, 2.24) is 15.1 Å². The second kappa shape index (κ2) is 5.63. The summed E-state index contributed by atoms with van der Waals surface area (Å²) in [5.41, 5.74) is 0. The fourth-order valence-electron chi connectivity index (χ4n) is 3.01. The molecule has 0 bridgehead atoms. The zero-order valence-corrected chi connectivity index (χ0v) is 12.2. The van der Waals surface area contributed by atoms with Gasteiger partial charge < -0.3 is 15.1 Å². The van der Waals surface area contributed by atoms with Crippen LogP contribution < -0.4 is 5.32 Å². The molecule has 0 aromatic rings. The van der Waals surface area contributed by atoms with Crippen molar-refractivity contribution in [1.29, 1.82) is 0 Å². The number of likely N-dealkylation sites (tertiary alicyclic amines) is 1. The van der Waals surface area contributed by atoms with E-state index < -0.39 is 6.04 Å². The van der Waals surface area contributed by atoms with Crippen LogP contribution in [0.25, 0.3) is 0 Å². The maximum absolute atomic E-state index is 12.5. The van der Waals surface area contributed by atoms with Crippen molar-refractivity contribution in [3.05, 3.63) is 0 Å². The molecule has 20 heavy (non-hydrogen) atoms. The van der Waals surface area contributed by atoms with E-state index in [0.29, 0.717) is 24.5 Å². The zero-order valence-electron chi connectivity index (χ0n) is 11.3. The fraction of sp³-hybridized carbons (Fsp3) is 0.769. The SMILES string of the molecule is O=C1CC[C@H](C(=O)N2CSC[C@H]2C(=O)N2CCCC2)N1. The van der Waals surface area contributed by atoms with Gasteiger partial charge in [0.1, 0.15) is 12.1 Å². The summed E-state index contributed by atoms with van der Waals surface area (Å²) in [5, 5.41) is 2.70. The van der Waals surface area contributed by atoms with E-state index in [4.69, 9.17) is 0 Å². The minimum absolute atomic E-state index is 0.0716. The highest BCUT2D eigenvalue weighted by Crippen LogP contribution is 2.26. The van der Waals surface area contributed by atoms with E-state index in [0.717, 1.165) is 25.9 Å². The normalized spacial score (nSPS) is 29.9. The van der Waals surface area contributed by atoms with Gasteiger partial charge in [-0.1, -0.05) is 0 Å². The van der Waals surface area contributed by atoms with Gasteiger partial charge in [-0.15, -0.1) is 11.8 Å². The summed E-state index contributed by atoms with van der Waals surface area (Å²) in [6, 6.07) is -0.779. The van der Waals surface area contributed by atoms with Gasteiger partial charge in [0, 0.05) is 25.3 Å². The maximum Gasteiger partial charge on any atom is 0.246 e. The van der Waals surface area contributed by atoms with E-state index in [-0.39, 0.29) is 23.8 Å². The molecule has 7 heteroatoms. The van der Waals surface area contributed by atoms with E-state index in [9.17, 15) is 14.4 Å². The lowest BCUT2D eigenvalue weighted by atomic mass is 10.1.